The largest absolute Gasteiger partial charge is 0.465 e. The highest BCUT2D eigenvalue weighted by Gasteiger charge is 2.35. The smallest absolute Gasteiger partial charge is 0.350 e. The van der Waals surface area contributed by atoms with E-state index in [-0.39, 0.29) is 22.3 Å². The molecule has 12 nitrogen and oxygen atoms in total. The summed E-state index contributed by atoms with van der Waals surface area (Å²) in [5, 5.41) is 17.5. The average Bonchev–Trinajstić information content (AvgIpc) is 3.69. The van der Waals surface area contributed by atoms with E-state index in [2.05, 4.69) is 20.4 Å². The number of halogens is 1. The number of nitrogens with zero attached hydrogens (tertiary/aromatic N) is 6. The van der Waals surface area contributed by atoms with Crippen LogP contribution in [0.1, 0.15) is 43.4 Å². The number of H-pyrrole nitrogens is 1. The quantitative estimate of drug-likeness (QED) is 0.292. The molecule has 2 N–H and O–H groups in total. The number of ether oxygens (including phenoxy) is 2. The van der Waals surface area contributed by atoms with E-state index in [1.807, 2.05) is 41.3 Å². The predicted molar refractivity (Wildman–Crippen MR) is 152 cm³/mol. The van der Waals surface area contributed by atoms with Crippen LogP contribution in [0.25, 0.3) is 11.5 Å². The van der Waals surface area contributed by atoms with Gasteiger partial charge in [-0.2, -0.15) is 10.4 Å². The molecule has 41 heavy (non-hydrogen) atoms. The lowest BCUT2D eigenvalue weighted by molar-refractivity contribution is 0.00967. The molecule has 1 saturated heterocycles. The zero-order chi connectivity index (χ0) is 29.1. The summed E-state index contributed by atoms with van der Waals surface area (Å²) in [4.78, 5) is 40.1. The SMILES string of the molecule is COC(=O)c1sc(N2CC[C@@H](NC(=O)c3[nH]c(C)c(Cl)c3C#N)[C@@H](OCc3ccccc3)C2)nc1-c1ncnn1C. The number of piperidine rings is 1. The Balaban J connectivity index is 1.41. The van der Waals surface area contributed by atoms with Gasteiger partial charge < -0.3 is 24.7 Å². The molecule has 14 heteroatoms. The third-order valence-corrected chi connectivity index (χ3v) is 8.38. The molecule has 212 valence electrons. The van der Waals surface area contributed by atoms with Crippen molar-refractivity contribution >= 4 is 39.9 Å². The number of methoxy groups -OCH3 is 1. The number of rotatable bonds is 8. The lowest BCUT2D eigenvalue weighted by Crippen LogP contribution is -2.55. The van der Waals surface area contributed by atoms with Gasteiger partial charge >= 0.3 is 5.97 Å². The van der Waals surface area contributed by atoms with Gasteiger partial charge in [-0.3, -0.25) is 4.79 Å². The van der Waals surface area contributed by atoms with E-state index in [0.29, 0.717) is 53.3 Å². The molecule has 4 aromatic rings. The Bertz CT molecular complexity index is 1610. The number of carbonyl (C=O) groups is 2. The van der Waals surface area contributed by atoms with Gasteiger partial charge in [0.05, 0.1) is 30.9 Å². The summed E-state index contributed by atoms with van der Waals surface area (Å²) in [6.07, 6.45) is 1.48. The number of carbonyl (C=O) groups excluding carboxylic acids is 2. The highest BCUT2D eigenvalue weighted by Crippen LogP contribution is 2.34. The number of nitriles is 1. The van der Waals surface area contributed by atoms with Crippen molar-refractivity contribution in [2.24, 2.45) is 7.05 Å². The summed E-state index contributed by atoms with van der Waals surface area (Å²) in [5.41, 5.74) is 2.14. The fraction of sp³-hybridized carbons (Fsp3) is 0.333. The molecule has 0 spiro atoms. The molecule has 0 aliphatic carbocycles. The molecule has 0 bridgehead atoms. The molecule has 1 aliphatic rings. The van der Waals surface area contributed by atoms with E-state index >= 15 is 0 Å². The van der Waals surface area contributed by atoms with Crippen molar-refractivity contribution in [3.8, 4) is 17.6 Å². The van der Waals surface area contributed by atoms with Gasteiger partial charge in [-0.1, -0.05) is 53.3 Å². The van der Waals surface area contributed by atoms with Gasteiger partial charge in [0.2, 0.25) is 0 Å². The second kappa shape index (κ2) is 12.1. The van der Waals surface area contributed by atoms with Crippen molar-refractivity contribution in [1.29, 1.82) is 5.26 Å². The Morgan fingerprint density at radius 1 is 1.32 bits per heavy atom. The Morgan fingerprint density at radius 3 is 2.78 bits per heavy atom. The van der Waals surface area contributed by atoms with Crippen LogP contribution in [-0.4, -0.2) is 69.0 Å². The zero-order valence-electron chi connectivity index (χ0n) is 22.5. The highest BCUT2D eigenvalue weighted by molar-refractivity contribution is 7.17. The minimum absolute atomic E-state index is 0.107. The number of esters is 1. The van der Waals surface area contributed by atoms with E-state index < -0.39 is 18.0 Å². The Kier molecular flexibility index (Phi) is 8.34. The monoisotopic (exact) mass is 594 g/mol. The maximum atomic E-state index is 13.3. The molecular formula is C27H27ClN8O4S. The van der Waals surface area contributed by atoms with E-state index in [4.69, 9.17) is 26.1 Å². The van der Waals surface area contributed by atoms with E-state index in [9.17, 15) is 14.9 Å². The van der Waals surface area contributed by atoms with Crippen LogP contribution in [0.2, 0.25) is 5.02 Å². The summed E-state index contributed by atoms with van der Waals surface area (Å²) < 4.78 is 12.9. The summed E-state index contributed by atoms with van der Waals surface area (Å²) in [6.45, 7) is 2.95. The van der Waals surface area contributed by atoms with Crippen molar-refractivity contribution in [1.82, 2.24) is 30.0 Å². The molecule has 0 saturated carbocycles. The van der Waals surface area contributed by atoms with E-state index in [0.717, 1.165) is 5.56 Å². The lowest BCUT2D eigenvalue weighted by Gasteiger charge is -2.38. The molecule has 4 heterocycles. The van der Waals surface area contributed by atoms with Crippen LogP contribution in [0, 0.1) is 18.3 Å². The van der Waals surface area contributed by atoms with Gasteiger partial charge in [0.15, 0.2) is 11.0 Å². The number of nitrogens with one attached hydrogen (secondary N) is 2. The molecule has 1 fully saturated rings. The van der Waals surface area contributed by atoms with Crippen LogP contribution in [0.5, 0.6) is 0 Å². The molecular weight excluding hydrogens is 568 g/mol. The van der Waals surface area contributed by atoms with Gasteiger partial charge in [0.25, 0.3) is 5.91 Å². The zero-order valence-corrected chi connectivity index (χ0v) is 24.1. The third-order valence-electron chi connectivity index (χ3n) is 6.81. The third kappa shape index (κ3) is 5.81. The minimum Gasteiger partial charge on any atom is -0.465 e. The Morgan fingerprint density at radius 2 is 2.10 bits per heavy atom. The number of aryl methyl sites for hydroxylation is 2. The number of aromatic amines is 1. The van der Waals surface area contributed by atoms with Crippen molar-refractivity contribution < 1.29 is 19.1 Å². The van der Waals surface area contributed by atoms with Gasteiger partial charge in [0.1, 0.15) is 34.2 Å². The van der Waals surface area contributed by atoms with Crippen molar-refractivity contribution in [2.45, 2.75) is 32.1 Å². The van der Waals surface area contributed by atoms with E-state index in [1.165, 1.54) is 24.8 Å². The number of anilines is 1. The van der Waals surface area contributed by atoms with Crippen LogP contribution < -0.4 is 10.2 Å². The first kappa shape index (κ1) is 28.3. The van der Waals surface area contributed by atoms with Crippen LogP contribution in [0.4, 0.5) is 5.13 Å². The molecule has 5 rings (SSSR count). The average molecular weight is 595 g/mol. The maximum absolute atomic E-state index is 13.3. The first-order valence-corrected chi connectivity index (χ1v) is 13.9. The van der Waals surface area contributed by atoms with Crippen LogP contribution >= 0.6 is 22.9 Å². The molecule has 0 unspecified atom stereocenters. The lowest BCUT2D eigenvalue weighted by atomic mass is 10.0. The molecule has 2 atom stereocenters. The number of amides is 1. The predicted octanol–water partition coefficient (Wildman–Crippen LogP) is 3.48. The van der Waals surface area contributed by atoms with Crippen LogP contribution in [0.15, 0.2) is 36.7 Å². The summed E-state index contributed by atoms with van der Waals surface area (Å²) in [7, 11) is 3.04. The van der Waals surface area contributed by atoms with Crippen molar-refractivity contribution in [3.05, 3.63) is 69.1 Å². The first-order valence-electron chi connectivity index (χ1n) is 12.7. The number of aromatic nitrogens is 5. The molecule has 1 aliphatic heterocycles. The molecule has 1 aromatic carbocycles. The molecule has 0 radical (unpaired) electrons. The number of hydrogen-bond donors (Lipinski definition) is 2. The second-order valence-electron chi connectivity index (χ2n) is 9.45. The van der Waals surface area contributed by atoms with Gasteiger partial charge in [0, 0.05) is 25.8 Å². The number of benzene rings is 1. The maximum Gasteiger partial charge on any atom is 0.350 e. The summed E-state index contributed by atoms with van der Waals surface area (Å²) in [6, 6.07) is 11.4. The van der Waals surface area contributed by atoms with Gasteiger partial charge in [-0.05, 0) is 18.9 Å². The normalized spacial score (nSPS) is 16.8. The van der Waals surface area contributed by atoms with E-state index in [1.54, 1.807) is 18.7 Å². The van der Waals surface area contributed by atoms with Crippen molar-refractivity contribution in [3.63, 3.8) is 0 Å². The van der Waals surface area contributed by atoms with Crippen LogP contribution in [-0.2, 0) is 23.1 Å². The fourth-order valence-corrected chi connectivity index (χ4v) is 5.86. The topological polar surface area (TPSA) is 151 Å². The second-order valence-corrected chi connectivity index (χ2v) is 10.8. The standard InChI is InChI=1S/C27H27ClN8O4S/c1-15-20(28)17(11-29)21(32-15)25(37)33-18-9-10-36(12-19(18)40-13-16-7-5-4-6-8-16)27-34-22(23(41-27)26(38)39-3)24-30-14-31-35(24)2/h4-8,14,18-19,32H,9-10,12-13H2,1-3H3,(H,33,37)/t18-,19+/m1/s1. The van der Waals surface area contributed by atoms with Crippen molar-refractivity contribution in [2.75, 3.05) is 25.1 Å². The van der Waals surface area contributed by atoms with Crippen LogP contribution in [0.3, 0.4) is 0 Å². The fourth-order valence-electron chi connectivity index (χ4n) is 4.66. The van der Waals surface area contributed by atoms with Gasteiger partial charge in [-0.25, -0.2) is 19.4 Å². The Hall–Kier alpha value is -4.25. The first-order chi connectivity index (χ1) is 19.8. The summed E-state index contributed by atoms with van der Waals surface area (Å²) >= 11 is 7.42. The Labute approximate surface area is 244 Å². The van der Waals surface area contributed by atoms with Gasteiger partial charge in [-0.15, -0.1) is 0 Å². The number of thiazole rings is 1. The minimum atomic E-state index is -0.515. The number of hydrogen-bond acceptors (Lipinski definition) is 10. The molecule has 3 aromatic heterocycles. The highest BCUT2D eigenvalue weighted by atomic mass is 35.5. The molecule has 1 amide bonds. The summed E-state index contributed by atoms with van der Waals surface area (Å²) in [5.74, 6) is -0.505.